The summed E-state index contributed by atoms with van der Waals surface area (Å²) in [6, 6.07) is 10.5. The zero-order valence-electron chi connectivity index (χ0n) is 16.9. The second-order valence-corrected chi connectivity index (χ2v) is 8.98. The van der Waals surface area contributed by atoms with Crippen LogP contribution in [0.25, 0.3) is 5.78 Å². The summed E-state index contributed by atoms with van der Waals surface area (Å²) in [6.07, 6.45) is 2.74. The number of ether oxygens (including phenoxy) is 1. The molecule has 3 aromatic heterocycles. The summed E-state index contributed by atoms with van der Waals surface area (Å²) >= 11 is 1.38. The summed E-state index contributed by atoms with van der Waals surface area (Å²) in [4.78, 5) is 23.6. The highest BCUT2D eigenvalue weighted by atomic mass is 32.2. The number of rotatable bonds is 7. The third-order valence-electron chi connectivity index (χ3n) is 4.29. The van der Waals surface area contributed by atoms with Crippen LogP contribution in [0.4, 0.5) is 5.82 Å². The predicted octanol–water partition coefficient (Wildman–Crippen LogP) is 1.86. The molecule has 0 radical (unpaired) electrons. The van der Waals surface area contributed by atoms with E-state index in [4.69, 9.17) is 4.74 Å². The van der Waals surface area contributed by atoms with Gasteiger partial charge in [-0.1, -0.05) is 6.07 Å². The topological polar surface area (TPSA) is 143 Å². The quantitative estimate of drug-likeness (QED) is 0.311. The third kappa shape index (κ3) is 4.29. The zero-order chi connectivity index (χ0) is 22.7. The highest BCUT2D eigenvalue weighted by molar-refractivity contribution is 7.89. The molecule has 32 heavy (non-hydrogen) atoms. The number of thiophene rings is 1. The van der Waals surface area contributed by atoms with Gasteiger partial charge < -0.3 is 4.74 Å². The molecule has 0 spiro atoms. The Morgan fingerprint density at radius 3 is 2.69 bits per heavy atom. The second kappa shape index (κ2) is 8.72. The molecule has 0 amide bonds. The first-order valence-electron chi connectivity index (χ1n) is 9.13. The molecule has 0 aliphatic carbocycles. The van der Waals surface area contributed by atoms with E-state index in [2.05, 4.69) is 30.1 Å². The van der Waals surface area contributed by atoms with E-state index in [-0.39, 0.29) is 17.4 Å². The smallest absolute Gasteiger partial charge is 0.285 e. The van der Waals surface area contributed by atoms with Crippen molar-refractivity contribution in [2.45, 2.75) is 11.8 Å². The minimum Gasteiger partial charge on any atom is -0.497 e. The van der Waals surface area contributed by atoms with Crippen molar-refractivity contribution in [1.29, 1.82) is 0 Å². The fraction of sp³-hybridized carbons (Fsp3) is 0.105. The number of nitrogens with one attached hydrogen (secondary N) is 2. The lowest BCUT2D eigenvalue weighted by atomic mass is 10.2. The van der Waals surface area contributed by atoms with Crippen molar-refractivity contribution in [3.63, 3.8) is 0 Å². The van der Waals surface area contributed by atoms with Gasteiger partial charge in [0.1, 0.15) is 11.6 Å². The van der Waals surface area contributed by atoms with E-state index in [9.17, 15) is 13.2 Å². The number of fused-ring (bicyclic) bond motifs is 1. The highest BCUT2D eigenvalue weighted by Gasteiger charge is 2.27. The number of methoxy groups -OCH3 is 1. The molecule has 4 rings (SSSR count). The summed E-state index contributed by atoms with van der Waals surface area (Å²) in [7, 11) is -2.84. The van der Waals surface area contributed by atoms with Gasteiger partial charge in [-0.25, -0.2) is 14.5 Å². The van der Waals surface area contributed by atoms with Crippen LogP contribution in [-0.4, -0.2) is 47.5 Å². The van der Waals surface area contributed by atoms with Gasteiger partial charge in [-0.2, -0.15) is 28.4 Å². The van der Waals surface area contributed by atoms with E-state index in [1.54, 1.807) is 50.4 Å². The lowest BCUT2D eigenvalue weighted by Gasteiger charge is -2.06. The van der Waals surface area contributed by atoms with Gasteiger partial charge in [0, 0.05) is 11.1 Å². The van der Waals surface area contributed by atoms with Crippen LogP contribution in [0.15, 0.2) is 61.6 Å². The summed E-state index contributed by atoms with van der Waals surface area (Å²) in [5, 5.41) is 12.1. The number of aromatic amines is 1. The van der Waals surface area contributed by atoms with Crippen molar-refractivity contribution in [3.05, 3.63) is 68.4 Å². The zero-order valence-corrected chi connectivity index (χ0v) is 18.5. The Balaban J connectivity index is 1.78. The average Bonchev–Trinajstić information content (AvgIpc) is 3.42. The molecule has 0 aliphatic heterocycles. The second-order valence-electron chi connectivity index (χ2n) is 6.40. The number of hydrogen-bond acceptors (Lipinski definition) is 9. The molecule has 0 saturated carbocycles. The molecule has 2 N–H and O–H groups in total. The van der Waals surface area contributed by atoms with Gasteiger partial charge in [-0.3, -0.25) is 4.79 Å². The Morgan fingerprint density at radius 1 is 1.22 bits per heavy atom. The minimum absolute atomic E-state index is 0.0652. The van der Waals surface area contributed by atoms with Crippen LogP contribution in [0.1, 0.15) is 16.3 Å². The van der Waals surface area contributed by atoms with Crippen LogP contribution in [-0.2, 0) is 10.0 Å². The van der Waals surface area contributed by atoms with Gasteiger partial charge in [0.05, 0.1) is 13.3 Å². The summed E-state index contributed by atoms with van der Waals surface area (Å²) in [6.45, 7) is 1.55. The van der Waals surface area contributed by atoms with Crippen LogP contribution in [0.5, 0.6) is 5.75 Å². The molecular weight excluding hydrogens is 454 g/mol. The Morgan fingerprint density at radius 2 is 2.00 bits per heavy atom. The number of sulfonamides is 1. The Labute approximate surface area is 186 Å². The Bertz CT molecular complexity index is 1470. The van der Waals surface area contributed by atoms with Gasteiger partial charge in [0.2, 0.25) is 5.78 Å². The molecule has 1 aromatic carbocycles. The SMILES string of the molecule is COc1ccc(/C=N/c2nc3[nH]nc(C)n3c(=O)c2S(=O)(=O)N/N=C/c2cccs2)cc1. The number of nitrogens with zero attached hydrogens (tertiary/aromatic N) is 5. The predicted molar refractivity (Wildman–Crippen MR) is 121 cm³/mol. The Hall–Kier alpha value is -3.84. The van der Waals surface area contributed by atoms with Gasteiger partial charge in [-0.15, -0.1) is 11.3 Å². The maximum absolute atomic E-state index is 13.1. The average molecular weight is 472 g/mol. The molecule has 4 aromatic rings. The molecule has 0 aliphatic rings. The summed E-state index contributed by atoms with van der Waals surface area (Å²) < 4.78 is 32.1. The van der Waals surface area contributed by atoms with Gasteiger partial charge >= 0.3 is 0 Å². The third-order valence-corrected chi connectivity index (χ3v) is 6.34. The molecule has 0 unspecified atom stereocenters. The van der Waals surface area contributed by atoms with E-state index < -0.39 is 20.5 Å². The number of hydrazone groups is 1. The molecule has 0 bridgehead atoms. The van der Waals surface area contributed by atoms with Crippen LogP contribution < -0.4 is 15.1 Å². The normalized spacial score (nSPS) is 12.2. The number of aliphatic imine (C=N–C) groups is 1. The number of hydrogen-bond donors (Lipinski definition) is 2. The molecule has 0 atom stereocenters. The highest BCUT2D eigenvalue weighted by Crippen LogP contribution is 2.20. The van der Waals surface area contributed by atoms with Crippen molar-refractivity contribution in [2.24, 2.45) is 10.1 Å². The molecule has 0 fully saturated rings. The fourth-order valence-corrected chi connectivity index (χ4v) is 4.30. The van der Waals surface area contributed by atoms with E-state index in [0.29, 0.717) is 11.3 Å². The van der Waals surface area contributed by atoms with E-state index in [1.165, 1.54) is 23.8 Å². The maximum atomic E-state index is 13.1. The van der Waals surface area contributed by atoms with Crippen molar-refractivity contribution >= 4 is 45.4 Å². The number of aryl methyl sites for hydroxylation is 1. The van der Waals surface area contributed by atoms with E-state index >= 15 is 0 Å². The van der Waals surface area contributed by atoms with Crippen LogP contribution in [0.2, 0.25) is 0 Å². The van der Waals surface area contributed by atoms with E-state index in [0.717, 1.165) is 9.28 Å². The first kappa shape index (κ1) is 21.4. The van der Waals surface area contributed by atoms with Crippen LogP contribution >= 0.6 is 11.3 Å². The largest absolute Gasteiger partial charge is 0.497 e. The fourth-order valence-electron chi connectivity index (χ4n) is 2.77. The van der Waals surface area contributed by atoms with Crippen molar-refractivity contribution in [1.82, 2.24) is 24.4 Å². The van der Waals surface area contributed by atoms with Gasteiger partial charge in [-0.05, 0) is 48.2 Å². The minimum atomic E-state index is -4.39. The molecular formula is C19H17N7O4S2. The van der Waals surface area contributed by atoms with E-state index in [1.807, 2.05) is 5.38 Å². The van der Waals surface area contributed by atoms with Crippen LogP contribution in [0, 0.1) is 6.92 Å². The number of H-pyrrole nitrogens is 1. The summed E-state index contributed by atoms with van der Waals surface area (Å²) in [5.74, 6) is 0.675. The van der Waals surface area contributed by atoms with Crippen molar-refractivity contribution < 1.29 is 13.2 Å². The van der Waals surface area contributed by atoms with Gasteiger partial charge in [0.15, 0.2) is 10.7 Å². The lowest BCUT2D eigenvalue weighted by Crippen LogP contribution is -2.29. The molecule has 0 saturated heterocycles. The lowest BCUT2D eigenvalue weighted by molar-refractivity contribution is 0.415. The number of benzene rings is 1. The maximum Gasteiger partial charge on any atom is 0.285 e. The first-order chi connectivity index (χ1) is 15.4. The van der Waals surface area contributed by atoms with Crippen LogP contribution in [0.3, 0.4) is 0 Å². The first-order valence-corrected chi connectivity index (χ1v) is 11.5. The van der Waals surface area contributed by atoms with Crippen molar-refractivity contribution in [2.75, 3.05) is 7.11 Å². The standard InChI is InChI=1S/C19H17N7O4S2/c1-12-23-24-19-22-17(20-10-13-5-7-14(30-2)8-6-13)16(18(27)26(12)19)32(28,29)25-21-11-15-4-3-9-31-15/h3-11,25H,1-2H3,(H,22,24)/b20-10+,21-11+. The molecule has 11 nitrogen and oxygen atoms in total. The monoisotopic (exact) mass is 471 g/mol. The molecule has 164 valence electrons. The number of aromatic nitrogens is 4. The summed E-state index contributed by atoms with van der Waals surface area (Å²) in [5.41, 5.74) is -0.192. The molecule has 13 heteroatoms. The van der Waals surface area contributed by atoms with Gasteiger partial charge in [0.25, 0.3) is 15.6 Å². The Kier molecular flexibility index (Phi) is 5.83. The molecule has 3 heterocycles. The van der Waals surface area contributed by atoms with Crippen molar-refractivity contribution in [3.8, 4) is 5.75 Å².